The highest BCUT2D eigenvalue weighted by Gasteiger charge is 2.30. The Labute approximate surface area is 135 Å². The number of hydrogen-bond acceptors (Lipinski definition) is 5. The highest BCUT2D eigenvalue weighted by atomic mass is 35.5. The molecule has 1 saturated heterocycles. The number of nitrogens with one attached hydrogen (secondary N) is 1. The van der Waals surface area contributed by atoms with Crippen molar-refractivity contribution in [1.29, 1.82) is 0 Å². The van der Waals surface area contributed by atoms with Gasteiger partial charge in [0.2, 0.25) is 5.91 Å². The summed E-state index contributed by atoms with van der Waals surface area (Å²) < 4.78 is 4.97. The molecule has 2 aromatic rings. The Hall–Kier alpha value is -2.25. The number of furan rings is 1. The van der Waals surface area contributed by atoms with E-state index in [2.05, 4.69) is 10.5 Å². The van der Waals surface area contributed by atoms with E-state index in [0.717, 1.165) is 0 Å². The Balaban J connectivity index is 1.79. The summed E-state index contributed by atoms with van der Waals surface area (Å²) in [5, 5.41) is 4.97. The van der Waals surface area contributed by atoms with Gasteiger partial charge in [-0.3, -0.25) is 14.5 Å². The molecule has 1 fully saturated rings. The second kappa shape index (κ2) is 6.25. The predicted molar refractivity (Wildman–Crippen MR) is 85.0 cm³/mol. The van der Waals surface area contributed by atoms with Gasteiger partial charge in [0.15, 0.2) is 10.9 Å². The molecular weight excluding hydrogens is 326 g/mol. The van der Waals surface area contributed by atoms with Crippen LogP contribution < -0.4 is 10.3 Å². The fraction of sp³-hybridized carbons (Fsp3) is 0.0714. The predicted octanol–water partition coefficient (Wildman–Crippen LogP) is 2.71. The molecule has 1 aromatic heterocycles. The molecule has 6 nitrogen and oxygen atoms in total. The van der Waals surface area contributed by atoms with Crippen LogP contribution in [-0.4, -0.2) is 22.7 Å². The van der Waals surface area contributed by atoms with Crippen LogP contribution >= 0.6 is 23.4 Å². The van der Waals surface area contributed by atoms with Crippen LogP contribution in [0.4, 0.5) is 5.69 Å². The van der Waals surface area contributed by atoms with Crippen molar-refractivity contribution in [1.82, 2.24) is 5.43 Å². The van der Waals surface area contributed by atoms with Gasteiger partial charge in [0.1, 0.15) is 0 Å². The average molecular weight is 336 g/mol. The van der Waals surface area contributed by atoms with Crippen LogP contribution in [0.15, 0.2) is 52.2 Å². The summed E-state index contributed by atoms with van der Waals surface area (Å²) in [4.78, 5) is 25.2. The SMILES string of the molecule is O=C(N/N=C1/SCC(=O)N1c1ccc(Cl)cc1)c1ccco1. The molecule has 0 atom stereocenters. The Morgan fingerprint density at radius 1 is 1.32 bits per heavy atom. The van der Waals surface area contributed by atoms with E-state index in [1.165, 1.54) is 29.0 Å². The zero-order valence-corrected chi connectivity index (χ0v) is 12.7. The van der Waals surface area contributed by atoms with Gasteiger partial charge < -0.3 is 4.42 Å². The van der Waals surface area contributed by atoms with Gasteiger partial charge in [-0.1, -0.05) is 23.4 Å². The van der Waals surface area contributed by atoms with Crippen LogP contribution in [-0.2, 0) is 4.79 Å². The van der Waals surface area contributed by atoms with E-state index >= 15 is 0 Å². The lowest BCUT2D eigenvalue weighted by Crippen LogP contribution is -2.31. The van der Waals surface area contributed by atoms with Gasteiger partial charge in [0, 0.05) is 5.02 Å². The Morgan fingerprint density at radius 2 is 2.09 bits per heavy atom. The van der Waals surface area contributed by atoms with Crippen molar-refractivity contribution < 1.29 is 14.0 Å². The molecule has 112 valence electrons. The van der Waals surface area contributed by atoms with Crippen LogP contribution in [0, 0.1) is 0 Å². The van der Waals surface area contributed by atoms with Crippen molar-refractivity contribution in [3.8, 4) is 0 Å². The van der Waals surface area contributed by atoms with E-state index in [1.54, 1.807) is 30.3 Å². The number of hydrogen-bond donors (Lipinski definition) is 1. The Kier molecular flexibility index (Phi) is 4.17. The zero-order chi connectivity index (χ0) is 15.5. The number of anilines is 1. The summed E-state index contributed by atoms with van der Waals surface area (Å²) in [6.45, 7) is 0. The minimum absolute atomic E-state index is 0.113. The Morgan fingerprint density at radius 3 is 2.77 bits per heavy atom. The van der Waals surface area contributed by atoms with Gasteiger partial charge in [0.05, 0.1) is 17.7 Å². The first-order valence-electron chi connectivity index (χ1n) is 6.28. The quantitative estimate of drug-likeness (QED) is 0.875. The number of benzene rings is 1. The lowest BCUT2D eigenvalue weighted by molar-refractivity contribution is -0.115. The number of carbonyl (C=O) groups is 2. The smallest absolute Gasteiger partial charge is 0.307 e. The maximum absolute atomic E-state index is 12.0. The molecule has 0 radical (unpaired) electrons. The first-order chi connectivity index (χ1) is 10.6. The first kappa shape index (κ1) is 14.7. The van der Waals surface area contributed by atoms with Gasteiger partial charge in [-0.25, -0.2) is 5.43 Å². The monoisotopic (exact) mass is 335 g/mol. The number of amidine groups is 1. The topological polar surface area (TPSA) is 74.9 Å². The van der Waals surface area contributed by atoms with Gasteiger partial charge in [0.25, 0.3) is 0 Å². The van der Waals surface area contributed by atoms with Gasteiger partial charge >= 0.3 is 5.91 Å². The van der Waals surface area contributed by atoms with E-state index < -0.39 is 5.91 Å². The van der Waals surface area contributed by atoms with Crippen LogP contribution in [0.25, 0.3) is 0 Å². The summed E-state index contributed by atoms with van der Waals surface area (Å²) in [5.41, 5.74) is 3.02. The van der Waals surface area contributed by atoms with Crippen molar-refractivity contribution in [3.05, 3.63) is 53.4 Å². The fourth-order valence-electron chi connectivity index (χ4n) is 1.85. The van der Waals surface area contributed by atoms with Crippen LogP contribution in [0.2, 0.25) is 5.02 Å². The summed E-state index contributed by atoms with van der Waals surface area (Å²) in [5.74, 6) is -0.179. The van der Waals surface area contributed by atoms with E-state index in [1.807, 2.05) is 0 Å². The van der Waals surface area contributed by atoms with Gasteiger partial charge in [-0.05, 0) is 36.4 Å². The molecule has 2 amide bonds. The third kappa shape index (κ3) is 3.00. The third-order valence-corrected chi connectivity index (χ3v) is 4.02. The summed E-state index contributed by atoms with van der Waals surface area (Å²) in [6, 6.07) is 9.94. The number of halogens is 1. The minimum Gasteiger partial charge on any atom is -0.459 e. The second-order valence-electron chi connectivity index (χ2n) is 4.31. The maximum atomic E-state index is 12.0. The maximum Gasteiger partial charge on any atom is 0.307 e. The first-order valence-corrected chi connectivity index (χ1v) is 7.64. The van der Waals surface area contributed by atoms with Crippen LogP contribution in [0.1, 0.15) is 10.6 Å². The van der Waals surface area contributed by atoms with E-state index in [-0.39, 0.29) is 17.4 Å². The summed E-state index contributed by atoms with van der Waals surface area (Å²) in [6.07, 6.45) is 1.40. The van der Waals surface area contributed by atoms with Crippen molar-refractivity contribution in [3.63, 3.8) is 0 Å². The molecule has 8 heteroatoms. The second-order valence-corrected chi connectivity index (χ2v) is 5.69. The number of hydrazone groups is 1. The van der Waals surface area contributed by atoms with Crippen molar-refractivity contribution >= 4 is 46.0 Å². The normalized spacial score (nSPS) is 16.3. The molecule has 1 aliphatic rings. The molecule has 0 spiro atoms. The molecule has 22 heavy (non-hydrogen) atoms. The number of carbonyl (C=O) groups excluding carboxylic acids is 2. The Bertz CT molecular complexity index is 728. The van der Waals surface area contributed by atoms with Crippen LogP contribution in [0.5, 0.6) is 0 Å². The number of nitrogens with zero attached hydrogens (tertiary/aromatic N) is 2. The molecule has 0 unspecified atom stereocenters. The van der Waals surface area contributed by atoms with Crippen molar-refractivity contribution in [2.45, 2.75) is 0 Å². The highest BCUT2D eigenvalue weighted by molar-refractivity contribution is 8.15. The van der Waals surface area contributed by atoms with E-state index in [4.69, 9.17) is 16.0 Å². The van der Waals surface area contributed by atoms with Crippen molar-refractivity contribution in [2.24, 2.45) is 5.10 Å². The largest absolute Gasteiger partial charge is 0.459 e. The molecule has 0 bridgehead atoms. The number of rotatable bonds is 3. The third-order valence-electron chi connectivity index (χ3n) is 2.85. The molecule has 0 saturated carbocycles. The zero-order valence-electron chi connectivity index (χ0n) is 11.2. The summed E-state index contributed by atoms with van der Waals surface area (Å²) in [7, 11) is 0. The molecule has 1 aromatic carbocycles. The number of thioether (sulfide) groups is 1. The van der Waals surface area contributed by atoms with Gasteiger partial charge in [-0.2, -0.15) is 0 Å². The standard InChI is InChI=1S/C14H10ClN3O3S/c15-9-3-5-10(6-4-9)18-12(19)8-22-14(18)17-16-13(20)11-2-1-7-21-11/h1-7H,8H2,(H,16,20)/b17-14+. The molecule has 1 aliphatic heterocycles. The van der Waals surface area contributed by atoms with E-state index in [0.29, 0.717) is 15.9 Å². The molecule has 1 N–H and O–H groups in total. The van der Waals surface area contributed by atoms with E-state index in [9.17, 15) is 9.59 Å². The molecule has 0 aliphatic carbocycles. The minimum atomic E-state index is -0.478. The van der Waals surface area contributed by atoms with Crippen molar-refractivity contribution in [2.75, 3.05) is 10.7 Å². The highest BCUT2D eigenvalue weighted by Crippen LogP contribution is 2.27. The lowest BCUT2D eigenvalue weighted by atomic mass is 10.3. The summed E-state index contributed by atoms with van der Waals surface area (Å²) >= 11 is 7.09. The molecule has 3 rings (SSSR count). The molecular formula is C14H10ClN3O3S. The molecule has 2 heterocycles. The number of amides is 2. The van der Waals surface area contributed by atoms with Gasteiger partial charge in [-0.15, -0.1) is 5.10 Å². The average Bonchev–Trinajstić information content (AvgIpc) is 3.16. The lowest BCUT2D eigenvalue weighted by Gasteiger charge is -2.15. The fourth-order valence-corrected chi connectivity index (χ4v) is 2.80. The van der Waals surface area contributed by atoms with Crippen LogP contribution in [0.3, 0.4) is 0 Å².